The Labute approximate surface area is 154 Å². The Morgan fingerprint density at radius 3 is 2.88 bits per heavy atom. The minimum absolute atomic E-state index is 0.00163. The number of ether oxygens (including phenoxy) is 1. The first kappa shape index (κ1) is 18.3. The molecule has 1 amide bonds. The van der Waals surface area contributed by atoms with E-state index in [1.54, 1.807) is 24.3 Å². The quantitative estimate of drug-likeness (QED) is 0.798. The lowest BCUT2D eigenvalue weighted by molar-refractivity contribution is 0.0297. The molecule has 1 aliphatic rings. The second-order valence-electron chi connectivity index (χ2n) is 6.57. The van der Waals surface area contributed by atoms with Crippen LogP contribution in [-0.4, -0.2) is 53.6 Å². The first-order valence-corrected chi connectivity index (χ1v) is 9.15. The third kappa shape index (κ3) is 4.58. The number of pyridine rings is 2. The summed E-state index contributed by atoms with van der Waals surface area (Å²) in [5.74, 6) is 0.897. The zero-order valence-electron chi connectivity index (χ0n) is 15.5. The van der Waals surface area contributed by atoms with E-state index in [4.69, 9.17) is 4.74 Å². The van der Waals surface area contributed by atoms with Crippen molar-refractivity contribution in [3.05, 3.63) is 54.0 Å². The molecule has 1 fully saturated rings. The van der Waals surface area contributed by atoms with Gasteiger partial charge >= 0.3 is 0 Å². The Morgan fingerprint density at radius 1 is 1.31 bits per heavy atom. The van der Waals surface area contributed by atoms with E-state index in [1.165, 1.54) is 0 Å². The molecule has 0 N–H and O–H groups in total. The van der Waals surface area contributed by atoms with E-state index < -0.39 is 0 Å². The molecule has 6 heteroatoms. The van der Waals surface area contributed by atoms with Gasteiger partial charge in [0.2, 0.25) is 0 Å². The van der Waals surface area contributed by atoms with Crippen molar-refractivity contribution in [1.82, 2.24) is 14.9 Å². The molecule has 6 nitrogen and oxygen atoms in total. The summed E-state index contributed by atoms with van der Waals surface area (Å²) in [5, 5.41) is 0. The highest BCUT2D eigenvalue weighted by atomic mass is 16.5. The van der Waals surface area contributed by atoms with Gasteiger partial charge in [-0.2, -0.15) is 0 Å². The summed E-state index contributed by atoms with van der Waals surface area (Å²) in [4.78, 5) is 24.9. The number of aromatic nitrogens is 2. The van der Waals surface area contributed by atoms with Gasteiger partial charge in [-0.25, -0.2) is 4.98 Å². The number of anilines is 1. The molecule has 0 bridgehead atoms. The molecular weight excluding hydrogens is 328 g/mol. The van der Waals surface area contributed by atoms with Gasteiger partial charge in [-0.3, -0.25) is 9.78 Å². The molecule has 0 radical (unpaired) electrons. The summed E-state index contributed by atoms with van der Waals surface area (Å²) in [6, 6.07) is 9.64. The van der Waals surface area contributed by atoms with E-state index in [1.807, 2.05) is 37.3 Å². The Bertz CT molecular complexity index is 706. The van der Waals surface area contributed by atoms with Crippen LogP contribution in [0.15, 0.2) is 42.7 Å². The van der Waals surface area contributed by atoms with Crippen molar-refractivity contribution in [2.45, 2.75) is 32.5 Å². The molecule has 26 heavy (non-hydrogen) atoms. The zero-order chi connectivity index (χ0) is 18.4. The lowest BCUT2D eigenvalue weighted by Gasteiger charge is -2.33. The number of amides is 1. The maximum absolute atomic E-state index is 12.2. The largest absolute Gasteiger partial charge is 0.370 e. The molecule has 1 atom stereocenters. The predicted molar refractivity (Wildman–Crippen MR) is 101 cm³/mol. The predicted octanol–water partition coefficient (Wildman–Crippen LogP) is 2.75. The average molecular weight is 354 g/mol. The monoisotopic (exact) mass is 354 g/mol. The molecular formula is C20H26N4O2. The number of carbonyl (C=O) groups excluding carboxylic acids is 1. The van der Waals surface area contributed by atoms with E-state index in [2.05, 4.69) is 14.9 Å². The van der Waals surface area contributed by atoms with Crippen molar-refractivity contribution in [2.75, 3.05) is 31.6 Å². The SMILES string of the molecule is CCN(C)C(=O)c1ccc(N2CCC[C@H](OCc3ccccn3)C2)nc1. The summed E-state index contributed by atoms with van der Waals surface area (Å²) in [6.07, 6.45) is 5.73. The minimum Gasteiger partial charge on any atom is -0.370 e. The molecule has 3 rings (SSSR count). The van der Waals surface area contributed by atoms with Crippen molar-refractivity contribution >= 4 is 11.7 Å². The van der Waals surface area contributed by atoms with E-state index in [0.29, 0.717) is 18.7 Å². The summed E-state index contributed by atoms with van der Waals surface area (Å²) >= 11 is 0. The number of piperidine rings is 1. The van der Waals surface area contributed by atoms with Gasteiger partial charge < -0.3 is 14.5 Å². The number of hydrogen-bond donors (Lipinski definition) is 0. The van der Waals surface area contributed by atoms with E-state index in [-0.39, 0.29) is 12.0 Å². The normalized spacial score (nSPS) is 17.2. The van der Waals surface area contributed by atoms with Crippen LogP contribution in [0.4, 0.5) is 5.82 Å². The van der Waals surface area contributed by atoms with Gasteiger partial charge in [-0.1, -0.05) is 6.07 Å². The third-order valence-corrected chi connectivity index (χ3v) is 4.71. The second-order valence-corrected chi connectivity index (χ2v) is 6.57. The summed E-state index contributed by atoms with van der Waals surface area (Å²) < 4.78 is 6.04. The fourth-order valence-electron chi connectivity index (χ4n) is 3.03. The molecule has 2 aromatic rings. The molecule has 3 heterocycles. The smallest absolute Gasteiger partial charge is 0.255 e. The van der Waals surface area contributed by atoms with Crippen molar-refractivity contribution in [1.29, 1.82) is 0 Å². The van der Waals surface area contributed by atoms with Crippen LogP contribution < -0.4 is 4.90 Å². The molecule has 0 saturated carbocycles. The van der Waals surface area contributed by atoms with Gasteiger partial charge in [-0.15, -0.1) is 0 Å². The molecule has 0 unspecified atom stereocenters. The number of hydrogen-bond acceptors (Lipinski definition) is 5. The number of nitrogens with zero attached hydrogens (tertiary/aromatic N) is 4. The Morgan fingerprint density at radius 2 is 2.19 bits per heavy atom. The van der Waals surface area contributed by atoms with Crippen molar-refractivity contribution in [2.24, 2.45) is 0 Å². The summed E-state index contributed by atoms with van der Waals surface area (Å²) in [6.45, 7) is 4.94. The van der Waals surface area contributed by atoms with Gasteiger partial charge in [0.1, 0.15) is 5.82 Å². The van der Waals surface area contributed by atoms with Gasteiger partial charge in [-0.05, 0) is 44.0 Å². The lowest BCUT2D eigenvalue weighted by Crippen LogP contribution is -2.40. The zero-order valence-corrected chi connectivity index (χ0v) is 15.5. The summed E-state index contributed by atoms with van der Waals surface area (Å²) in [5.41, 5.74) is 1.57. The average Bonchev–Trinajstić information content (AvgIpc) is 2.72. The number of carbonyl (C=O) groups is 1. The highest BCUT2D eigenvalue weighted by Crippen LogP contribution is 2.20. The highest BCUT2D eigenvalue weighted by molar-refractivity contribution is 5.93. The van der Waals surface area contributed by atoms with E-state index in [0.717, 1.165) is 37.4 Å². The Balaban J connectivity index is 1.58. The van der Waals surface area contributed by atoms with Crippen LogP contribution in [0.3, 0.4) is 0 Å². The van der Waals surface area contributed by atoms with Gasteiger partial charge in [0.05, 0.1) is 24.0 Å². The fraction of sp³-hybridized carbons (Fsp3) is 0.450. The fourth-order valence-corrected chi connectivity index (χ4v) is 3.03. The van der Waals surface area contributed by atoms with Crippen LogP contribution in [0.2, 0.25) is 0 Å². The van der Waals surface area contributed by atoms with Crippen LogP contribution >= 0.6 is 0 Å². The maximum atomic E-state index is 12.2. The molecule has 0 spiro atoms. The number of rotatable bonds is 6. The van der Waals surface area contributed by atoms with Crippen molar-refractivity contribution in [3.8, 4) is 0 Å². The first-order chi connectivity index (χ1) is 12.7. The van der Waals surface area contributed by atoms with Crippen LogP contribution in [0.25, 0.3) is 0 Å². The first-order valence-electron chi connectivity index (χ1n) is 9.15. The van der Waals surface area contributed by atoms with E-state index >= 15 is 0 Å². The van der Waals surface area contributed by atoms with Crippen LogP contribution in [0, 0.1) is 0 Å². The standard InChI is InChI=1S/C20H26N4O2/c1-3-23(2)20(25)16-9-10-19(22-13-16)24-12-6-8-18(14-24)26-15-17-7-4-5-11-21-17/h4-5,7,9-11,13,18H,3,6,8,12,14-15H2,1-2H3/t18-/m0/s1. The van der Waals surface area contributed by atoms with Gasteiger partial charge in [0.15, 0.2) is 0 Å². The summed E-state index contributed by atoms with van der Waals surface area (Å²) in [7, 11) is 1.80. The van der Waals surface area contributed by atoms with Crippen molar-refractivity contribution < 1.29 is 9.53 Å². The molecule has 1 aliphatic heterocycles. The topological polar surface area (TPSA) is 58.6 Å². The molecule has 138 valence electrons. The molecule has 0 aromatic carbocycles. The third-order valence-electron chi connectivity index (χ3n) is 4.71. The molecule has 1 saturated heterocycles. The van der Waals surface area contributed by atoms with Gasteiger partial charge in [0.25, 0.3) is 5.91 Å². The van der Waals surface area contributed by atoms with E-state index in [9.17, 15) is 4.79 Å². The Hall–Kier alpha value is -2.47. The maximum Gasteiger partial charge on any atom is 0.255 e. The lowest BCUT2D eigenvalue weighted by atomic mass is 10.1. The van der Waals surface area contributed by atoms with Crippen LogP contribution in [-0.2, 0) is 11.3 Å². The Kier molecular flexibility index (Phi) is 6.17. The molecule has 0 aliphatic carbocycles. The van der Waals surface area contributed by atoms with Crippen LogP contribution in [0.5, 0.6) is 0 Å². The van der Waals surface area contributed by atoms with Crippen LogP contribution in [0.1, 0.15) is 35.8 Å². The second kappa shape index (κ2) is 8.76. The highest BCUT2D eigenvalue weighted by Gasteiger charge is 2.22. The molecule has 2 aromatic heterocycles. The van der Waals surface area contributed by atoms with Crippen molar-refractivity contribution in [3.63, 3.8) is 0 Å². The van der Waals surface area contributed by atoms with Gasteiger partial charge in [0, 0.05) is 39.1 Å². The minimum atomic E-state index is 0.00163.